The molecule has 1 aromatic heterocycles. The summed E-state index contributed by atoms with van der Waals surface area (Å²) in [4.78, 5) is 26.7. The van der Waals surface area contributed by atoms with E-state index in [1.165, 1.54) is 16.8 Å². The van der Waals surface area contributed by atoms with Crippen molar-refractivity contribution in [2.45, 2.75) is 6.42 Å². The van der Waals surface area contributed by atoms with Crippen LogP contribution in [0.2, 0.25) is 0 Å². The third kappa shape index (κ3) is 5.39. The Balaban J connectivity index is 0.00000243. The van der Waals surface area contributed by atoms with Crippen LogP contribution < -0.4 is 16.2 Å². The molecule has 2 aromatic rings. The Morgan fingerprint density at radius 2 is 1.85 bits per heavy atom. The summed E-state index contributed by atoms with van der Waals surface area (Å²) in [6, 6.07) is 11.9. The van der Waals surface area contributed by atoms with Crippen LogP contribution >= 0.6 is 12.4 Å². The van der Waals surface area contributed by atoms with Crippen molar-refractivity contribution in [1.82, 2.24) is 25.3 Å². The predicted molar refractivity (Wildman–Crippen MR) is 103 cm³/mol. The average Bonchev–Trinajstić information content (AvgIpc) is 2.67. The van der Waals surface area contributed by atoms with Crippen LogP contribution in [0.15, 0.2) is 47.3 Å². The fourth-order valence-corrected chi connectivity index (χ4v) is 2.82. The zero-order chi connectivity index (χ0) is 17.5. The van der Waals surface area contributed by atoms with Crippen LogP contribution in [0.5, 0.6) is 0 Å². The third-order valence-corrected chi connectivity index (χ3v) is 4.18. The van der Waals surface area contributed by atoms with Gasteiger partial charge in [-0.3, -0.25) is 9.59 Å². The van der Waals surface area contributed by atoms with Crippen LogP contribution in [-0.2, 0) is 0 Å². The number of halogens is 1. The number of hydrogen-bond acceptors (Lipinski definition) is 5. The van der Waals surface area contributed by atoms with Gasteiger partial charge in [-0.1, -0.05) is 18.2 Å². The Hall–Kier alpha value is -2.22. The lowest BCUT2D eigenvalue weighted by molar-refractivity contribution is 0.0944. The zero-order valence-corrected chi connectivity index (χ0v) is 15.4. The number of hydrogen-bond donors (Lipinski definition) is 2. The number of nitrogens with one attached hydrogen (secondary N) is 2. The summed E-state index contributed by atoms with van der Waals surface area (Å²) >= 11 is 0. The average molecular weight is 378 g/mol. The molecular weight excluding hydrogens is 354 g/mol. The summed E-state index contributed by atoms with van der Waals surface area (Å²) in [5.41, 5.74) is 0.618. The van der Waals surface area contributed by atoms with Gasteiger partial charge in [0.05, 0.1) is 5.69 Å². The highest BCUT2D eigenvalue weighted by Gasteiger charge is 2.11. The van der Waals surface area contributed by atoms with Crippen molar-refractivity contribution in [2.75, 3.05) is 39.3 Å². The Morgan fingerprint density at radius 3 is 2.58 bits per heavy atom. The molecule has 0 atom stereocenters. The zero-order valence-electron chi connectivity index (χ0n) is 14.6. The quantitative estimate of drug-likeness (QED) is 0.724. The molecule has 1 saturated heterocycles. The highest BCUT2D eigenvalue weighted by atomic mass is 35.5. The molecule has 1 fully saturated rings. The minimum atomic E-state index is -0.263. The lowest BCUT2D eigenvalue weighted by Crippen LogP contribution is -2.44. The summed E-state index contributed by atoms with van der Waals surface area (Å²) in [5, 5.41) is 10.4. The maximum atomic E-state index is 12.3. The van der Waals surface area contributed by atoms with Crippen molar-refractivity contribution in [3.8, 4) is 5.69 Å². The molecule has 0 saturated carbocycles. The summed E-state index contributed by atoms with van der Waals surface area (Å²) in [7, 11) is 0. The van der Waals surface area contributed by atoms with E-state index < -0.39 is 0 Å². The van der Waals surface area contributed by atoms with E-state index in [2.05, 4.69) is 20.6 Å². The van der Waals surface area contributed by atoms with E-state index >= 15 is 0 Å². The number of benzene rings is 1. The first-order valence-electron chi connectivity index (χ1n) is 8.61. The van der Waals surface area contributed by atoms with Gasteiger partial charge in [0.15, 0.2) is 0 Å². The third-order valence-electron chi connectivity index (χ3n) is 4.18. The molecule has 0 unspecified atom stereocenters. The van der Waals surface area contributed by atoms with Gasteiger partial charge in [-0.05, 0) is 31.2 Å². The van der Waals surface area contributed by atoms with E-state index in [0.29, 0.717) is 12.2 Å². The molecule has 8 heteroatoms. The molecule has 140 valence electrons. The second-order valence-electron chi connectivity index (χ2n) is 6.01. The van der Waals surface area contributed by atoms with Crippen LogP contribution in [0.4, 0.5) is 0 Å². The molecule has 3 rings (SSSR count). The van der Waals surface area contributed by atoms with Crippen molar-refractivity contribution in [2.24, 2.45) is 0 Å². The fourth-order valence-electron chi connectivity index (χ4n) is 2.82. The van der Waals surface area contributed by atoms with E-state index in [0.717, 1.165) is 39.1 Å². The Labute approximate surface area is 158 Å². The van der Waals surface area contributed by atoms with Crippen LogP contribution in [0.1, 0.15) is 16.9 Å². The second kappa shape index (κ2) is 10.1. The standard InChI is InChI=1S/C18H23N5O2.ClH/c24-17-8-7-16(21-23(17)15-5-2-1-3-6-15)18(25)20-9-4-12-22-13-10-19-11-14-22;/h1-3,5-8,19H,4,9-14H2,(H,20,25);1H. The molecule has 26 heavy (non-hydrogen) atoms. The smallest absolute Gasteiger partial charge is 0.271 e. The van der Waals surface area contributed by atoms with Crippen molar-refractivity contribution < 1.29 is 4.79 Å². The largest absolute Gasteiger partial charge is 0.351 e. The number of rotatable bonds is 6. The summed E-state index contributed by atoms with van der Waals surface area (Å²) in [5.74, 6) is -0.259. The fraction of sp³-hybridized carbons (Fsp3) is 0.389. The highest BCUT2D eigenvalue weighted by Crippen LogP contribution is 2.03. The van der Waals surface area contributed by atoms with Gasteiger partial charge in [-0.15, -0.1) is 12.4 Å². The molecule has 1 aliphatic rings. The summed E-state index contributed by atoms with van der Waals surface area (Å²) < 4.78 is 1.25. The number of nitrogens with zero attached hydrogens (tertiary/aromatic N) is 3. The Bertz CT molecular complexity index is 760. The normalized spacial score (nSPS) is 14.5. The van der Waals surface area contributed by atoms with E-state index in [1.807, 2.05) is 18.2 Å². The first-order valence-corrected chi connectivity index (χ1v) is 8.61. The summed E-state index contributed by atoms with van der Waals surface area (Å²) in [6.07, 6.45) is 0.893. The van der Waals surface area contributed by atoms with Gasteiger partial charge >= 0.3 is 0 Å². The maximum absolute atomic E-state index is 12.3. The minimum Gasteiger partial charge on any atom is -0.351 e. The van der Waals surface area contributed by atoms with Gasteiger partial charge in [0.2, 0.25) is 0 Å². The van der Waals surface area contributed by atoms with Gasteiger partial charge in [0.1, 0.15) is 5.69 Å². The maximum Gasteiger partial charge on any atom is 0.271 e. The topological polar surface area (TPSA) is 79.3 Å². The van der Waals surface area contributed by atoms with Crippen molar-refractivity contribution >= 4 is 18.3 Å². The van der Waals surface area contributed by atoms with Crippen LogP contribution in [0.3, 0.4) is 0 Å². The molecule has 0 radical (unpaired) electrons. The number of para-hydroxylation sites is 1. The van der Waals surface area contributed by atoms with Crippen molar-refractivity contribution in [3.63, 3.8) is 0 Å². The van der Waals surface area contributed by atoms with E-state index in [4.69, 9.17) is 0 Å². The number of aromatic nitrogens is 2. The molecule has 0 aliphatic carbocycles. The molecule has 1 amide bonds. The monoisotopic (exact) mass is 377 g/mol. The molecule has 1 aliphatic heterocycles. The summed E-state index contributed by atoms with van der Waals surface area (Å²) in [6.45, 7) is 5.72. The van der Waals surface area contributed by atoms with Crippen LogP contribution in [-0.4, -0.2) is 59.9 Å². The number of carbonyl (C=O) groups excluding carboxylic acids is 1. The number of piperazine rings is 1. The lowest BCUT2D eigenvalue weighted by Gasteiger charge is -2.27. The Kier molecular flexibility index (Phi) is 7.77. The predicted octanol–water partition coefficient (Wildman–Crippen LogP) is 0.679. The lowest BCUT2D eigenvalue weighted by atomic mass is 10.3. The molecule has 2 heterocycles. The highest BCUT2D eigenvalue weighted by molar-refractivity contribution is 5.92. The second-order valence-corrected chi connectivity index (χ2v) is 6.01. The van der Waals surface area contributed by atoms with Gasteiger partial charge < -0.3 is 15.5 Å². The van der Waals surface area contributed by atoms with E-state index in [-0.39, 0.29) is 29.6 Å². The van der Waals surface area contributed by atoms with E-state index in [1.54, 1.807) is 12.1 Å². The van der Waals surface area contributed by atoms with Crippen LogP contribution in [0, 0.1) is 0 Å². The van der Waals surface area contributed by atoms with Gasteiger partial charge in [0.25, 0.3) is 11.5 Å². The number of carbonyl (C=O) groups is 1. The SMILES string of the molecule is Cl.O=C(NCCCN1CCNCC1)c1ccc(=O)n(-c2ccccc2)n1. The molecule has 1 aromatic carbocycles. The van der Waals surface area contributed by atoms with Crippen molar-refractivity contribution in [1.29, 1.82) is 0 Å². The first-order chi connectivity index (χ1) is 12.2. The first kappa shape index (κ1) is 20.1. The molecule has 0 spiro atoms. The van der Waals surface area contributed by atoms with Gasteiger partial charge in [-0.25, -0.2) is 0 Å². The number of amides is 1. The molecular formula is C18H24ClN5O2. The van der Waals surface area contributed by atoms with Crippen LogP contribution in [0.25, 0.3) is 5.69 Å². The Morgan fingerprint density at radius 1 is 1.12 bits per heavy atom. The van der Waals surface area contributed by atoms with Crippen molar-refractivity contribution in [3.05, 3.63) is 58.5 Å². The molecule has 2 N–H and O–H groups in total. The van der Waals surface area contributed by atoms with E-state index in [9.17, 15) is 9.59 Å². The van der Waals surface area contributed by atoms with Gasteiger partial charge in [0, 0.05) is 38.8 Å². The van der Waals surface area contributed by atoms with Gasteiger partial charge in [-0.2, -0.15) is 9.78 Å². The minimum absolute atomic E-state index is 0. The molecule has 7 nitrogen and oxygen atoms in total. The molecule has 0 bridgehead atoms.